The Balaban J connectivity index is 1.62. The molecule has 136 valence electrons. The summed E-state index contributed by atoms with van der Waals surface area (Å²) in [5.41, 5.74) is 2.21. The van der Waals surface area contributed by atoms with Gasteiger partial charge < -0.3 is 19.9 Å². The Morgan fingerprint density at radius 3 is 3.00 bits per heavy atom. The highest BCUT2D eigenvalue weighted by atomic mass is 16.5. The molecule has 6 heteroatoms. The predicted octanol–water partition coefficient (Wildman–Crippen LogP) is 1.19. The van der Waals surface area contributed by atoms with E-state index in [0.717, 1.165) is 25.1 Å². The number of amides is 2. The van der Waals surface area contributed by atoms with E-state index >= 15 is 0 Å². The molecule has 2 amide bonds. The summed E-state index contributed by atoms with van der Waals surface area (Å²) in [7, 11) is 0. The van der Waals surface area contributed by atoms with Crippen LogP contribution in [-0.2, 0) is 20.7 Å². The number of hydrogen-bond donors (Lipinski definition) is 1. The van der Waals surface area contributed by atoms with Crippen LogP contribution in [0.3, 0.4) is 0 Å². The van der Waals surface area contributed by atoms with Gasteiger partial charge in [0, 0.05) is 38.5 Å². The number of fused-ring (bicyclic) bond motifs is 1. The molecule has 0 aliphatic carbocycles. The topological polar surface area (TPSA) is 61.9 Å². The van der Waals surface area contributed by atoms with Gasteiger partial charge in [-0.15, -0.1) is 0 Å². The highest BCUT2D eigenvalue weighted by Crippen LogP contribution is 2.27. The van der Waals surface area contributed by atoms with Gasteiger partial charge in [-0.05, 0) is 31.4 Å². The Morgan fingerprint density at radius 1 is 1.32 bits per heavy atom. The van der Waals surface area contributed by atoms with Gasteiger partial charge in [-0.1, -0.05) is 18.2 Å². The van der Waals surface area contributed by atoms with Crippen LogP contribution in [0, 0.1) is 0 Å². The lowest BCUT2D eigenvalue weighted by Gasteiger charge is -2.35. The number of nitrogens with one attached hydrogen (secondary N) is 1. The molecule has 0 aromatic heterocycles. The van der Waals surface area contributed by atoms with Crippen LogP contribution in [0.4, 0.5) is 5.69 Å². The molecule has 1 saturated heterocycles. The smallest absolute Gasteiger partial charge is 0.240 e. The van der Waals surface area contributed by atoms with E-state index in [1.165, 1.54) is 5.56 Å². The Labute approximate surface area is 149 Å². The summed E-state index contributed by atoms with van der Waals surface area (Å²) >= 11 is 0. The minimum atomic E-state index is -0.433. The molecule has 25 heavy (non-hydrogen) atoms. The summed E-state index contributed by atoms with van der Waals surface area (Å²) in [4.78, 5) is 29.1. The Morgan fingerprint density at radius 2 is 2.16 bits per heavy atom. The highest BCUT2D eigenvalue weighted by molar-refractivity contribution is 5.98. The second kappa shape index (κ2) is 8.45. The maximum Gasteiger partial charge on any atom is 0.240 e. The number of ether oxygens (including phenoxy) is 1. The molecule has 1 atom stereocenters. The fourth-order valence-electron chi connectivity index (χ4n) is 3.57. The molecule has 0 saturated carbocycles. The van der Waals surface area contributed by atoms with E-state index in [-0.39, 0.29) is 18.2 Å². The molecular weight excluding hydrogens is 318 g/mol. The number of piperazine rings is 1. The molecule has 2 aliphatic heterocycles. The fourth-order valence-corrected chi connectivity index (χ4v) is 3.57. The maximum atomic E-state index is 12.8. The number of rotatable bonds is 6. The van der Waals surface area contributed by atoms with Crippen LogP contribution in [-0.4, -0.2) is 62.1 Å². The first-order chi connectivity index (χ1) is 12.2. The van der Waals surface area contributed by atoms with Crippen molar-refractivity contribution in [3.8, 4) is 0 Å². The van der Waals surface area contributed by atoms with E-state index in [0.29, 0.717) is 32.8 Å². The summed E-state index contributed by atoms with van der Waals surface area (Å²) in [6, 6.07) is 7.61. The molecular formula is C19H27N3O3. The average molecular weight is 345 g/mol. The second-order valence-electron chi connectivity index (χ2n) is 6.51. The van der Waals surface area contributed by atoms with Gasteiger partial charge in [-0.25, -0.2) is 0 Å². The van der Waals surface area contributed by atoms with Crippen molar-refractivity contribution < 1.29 is 14.3 Å². The van der Waals surface area contributed by atoms with Gasteiger partial charge >= 0.3 is 0 Å². The number of nitrogens with zero attached hydrogens (tertiary/aromatic N) is 2. The minimum Gasteiger partial charge on any atom is -0.380 e. The first-order valence-electron chi connectivity index (χ1n) is 9.19. The summed E-state index contributed by atoms with van der Waals surface area (Å²) in [5, 5.41) is 3.20. The van der Waals surface area contributed by atoms with Gasteiger partial charge in [0.05, 0.1) is 19.1 Å². The minimum absolute atomic E-state index is 0.00426. The van der Waals surface area contributed by atoms with Crippen LogP contribution in [0.5, 0.6) is 0 Å². The fraction of sp³-hybridized carbons (Fsp3) is 0.579. The summed E-state index contributed by atoms with van der Waals surface area (Å²) in [5.74, 6) is 0.0225. The van der Waals surface area contributed by atoms with E-state index in [2.05, 4.69) is 11.4 Å². The standard InChI is InChI=1S/C19H27N3O3/c1-2-25-13-12-21-11-9-20-16(19(21)24)14-18(23)22-10-5-7-15-6-3-4-8-17(15)22/h3-4,6,8,16,20H,2,5,7,9-14H2,1H3. The summed E-state index contributed by atoms with van der Waals surface area (Å²) in [6.45, 7) is 5.84. The van der Waals surface area contributed by atoms with Crippen LogP contribution < -0.4 is 10.2 Å². The van der Waals surface area contributed by atoms with Gasteiger partial charge in [0.25, 0.3) is 0 Å². The third kappa shape index (κ3) is 4.19. The Hall–Kier alpha value is -1.92. The third-order valence-corrected chi connectivity index (χ3v) is 4.88. The number of aryl methyl sites for hydroxylation is 1. The van der Waals surface area contributed by atoms with Crippen LogP contribution in [0.25, 0.3) is 0 Å². The number of carbonyl (C=O) groups excluding carboxylic acids is 2. The van der Waals surface area contributed by atoms with Gasteiger partial charge in [0.1, 0.15) is 0 Å². The lowest BCUT2D eigenvalue weighted by Crippen LogP contribution is -2.57. The van der Waals surface area contributed by atoms with Crippen molar-refractivity contribution in [2.45, 2.75) is 32.2 Å². The number of benzene rings is 1. The van der Waals surface area contributed by atoms with Gasteiger partial charge in [-0.2, -0.15) is 0 Å². The zero-order valence-electron chi connectivity index (χ0n) is 14.9. The van der Waals surface area contributed by atoms with Crippen LogP contribution >= 0.6 is 0 Å². The molecule has 3 rings (SSSR count). The normalized spacial score (nSPS) is 20.5. The molecule has 1 fully saturated rings. The number of anilines is 1. The zero-order valence-corrected chi connectivity index (χ0v) is 14.9. The molecule has 2 aliphatic rings. The largest absolute Gasteiger partial charge is 0.380 e. The second-order valence-corrected chi connectivity index (χ2v) is 6.51. The SMILES string of the molecule is CCOCCN1CCNC(CC(=O)N2CCCc3ccccc32)C1=O. The van der Waals surface area contributed by atoms with E-state index < -0.39 is 6.04 Å². The van der Waals surface area contributed by atoms with Crippen LogP contribution in [0.2, 0.25) is 0 Å². The maximum absolute atomic E-state index is 12.8. The molecule has 0 radical (unpaired) electrons. The predicted molar refractivity (Wildman–Crippen MR) is 96.6 cm³/mol. The molecule has 1 aromatic carbocycles. The quantitative estimate of drug-likeness (QED) is 0.787. The van der Waals surface area contributed by atoms with Crippen molar-refractivity contribution in [3.05, 3.63) is 29.8 Å². The number of hydrogen-bond acceptors (Lipinski definition) is 4. The molecule has 1 unspecified atom stereocenters. The van der Waals surface area contributed by atoms with Gasteiger partial charge in [0.2, 0.25) is 11.8 Å². The van der Waals surface area contributed by atoms with E-state index in [9.17, 15) is 9.59 Å². The number of carbonyl (C=O) groups is 2. The molecule has 6 nitrogen and oxygen atoms in total. The zero-order chi connectivity index (χ0) is 17.6. The first kappa shape index (κ1) is 17.9. The van der Waals surface area contributed by atoms with Crippen molar-refractivity contribution in [1.82, 2.24) is 10.2 Å². The van der Waals surface area contributed by atoms with Crippen LogP contribution in [0.1, 0.15) is 25.3 Å². The van der Waals surface area contributed by atoms with Crippen molar-refractivity contribution in [2.24, 2.45) is 0 Å². The Kier molecular flexibility index (Phi) is 6.04. The van der Waals surface area contributed by atoms with Gasteiger partial charge in [-0.3, -0.25) is 9.59 Å². The average Bonchev–Trinajstić information content (AvgIpc) is 2.64. The summed E-state index contributed by atoms with van der Waals surface area (Å²) in [6.07, 6.45) is 2.18. The lowest BCUT2D eigenvalue weighted by molar-refractivity contribution is -0.138. The van der Waals surface area contributed by atoms with E-state index in [1.807, 2.05) is 30.0 Å². The molecule has 2 heterocycles. The summed E-state index contributed by atoms with van der Waals surface area (Å²) < 4.78 is 5.35. The van der Waals surface area contributed by atoms with Gasteiger partial charge in [0.15, 0.2) is 0 Å². The van der Waals surface area contributed by atoms with Crippen molar-refractivity contribution in [2.75, 3.05) is 44.3 Å². The monoisotopic (exact) mass is 345 g/mol. The van der Waals surface area contributed by atoms with Crippen molar-refractivity contribution in [1.29, 1.82) is 0 Å². The van der Waals surface area contributed by atoms with E-state index in [4.69, 9.17) is 4.74 Å². The first-order valence-corrected chi connectivity index (χ1v) is 9.19. The Bertz CT molecular complexity index is 620. The molecule has 1 N–H and O–H groups in total. The molecule has 0 spiro atoms. The molecule has 1 aromatic rings. The van der Waals surface area contributed by atoms with Crippen LogP contribution in [0.15, 0.2) is 24.3 Å². The highest BCUT2D eigenvalue weighted by Gasteiger charge is 2.32. The third-order valence-electron chi connectivity index (χ3n) is 4.88. The van der Waals surface area contributed by atoms with Crippen molar-refractivity contribution in [3.63, 3.8) is 0 Å². The lowest BCUT2D eigenvalue weighted by atomic mass is 10.0. The van der Waals surface area contributed by atoms with E-state index in [1.54, 1.807) is 4.90 Å². The number of para-hydroxylation sites is 1. The van der Waals surface area contributed by atoms with Crippen molar-refractivity contribution >= 4 is 17.5 Å². The molecule has 0 bridgehead atoms.